The van der Waals surface area contributed by atoms with Crippen molar-refractivity contribution in [3.63, 3.8) is 0 Å². The normalized spacial score (nSPS) is 11.2. The van der Waals surface area contributed by atoms with E-state index in [0.717, 1.165) is 22.7 Å². The van der Waals surface area contributed by atoms with Gasteiger partial charge in [-0.25, -0.2) is 0 Å². The fourth-order valence-corrected chi connectivity index (χ4v) is 4.66. The Kier molecular flexibility index (Phi) is 9.89. The molecule has 0 fully saturated rings. The molecule has 1 amide bonds. The molecule has 3 rings (SSSR count). The lowest BCUT2D eigenvalue weighted by atomic mass is 10.1. The predicted molar refractivity (Wildman–Crippen MR) is 146 cm³/mol. The largest absolute Gasteiger partial charge is 0.493 e. The molecule has 0 unspecified atom stereocenters. The number of hydrogen-bond acceptors (Lipinski definition) is 8. The summed E-state index contributed by atoms with van der Waals surface area (Å²) >= 11 is 7.74. The van der Waals surface area contributed by atoms with Crippen LogP contribution in [0.4, 0.5) is 5.13 Å². The molecule has 1 N–H and O–H groups in total. The minimum absolute atomic E-state index is 0.116. The molecule has 1 aromatic heterocycles. The number of rotatable bonds is 11. The SMILES string of the molecule is COc1cc(C=C(C#N)C(=O)Nc2nnc(CC(C)C)s2)cc(Cl)c1OCCOc1ccc(C)cc1C. The molecule has 194 valence electrons. The Morgan fingerprint density at radius 1 is 1.16 bits per heavy atom. The van der Waals surface area contributed by atoms with Crippen molar-refractivity contribution in [3.8, 4) is 23.3 Å². The first-order valence-corrected chi connectivity index (χ1v) is 12.9. The van der Waals surface area contributed by atoms with Gasteiger partial charge in [-0.2, -0.15) is 5.26 Å². The third-order valence-electron chi connectivity index (χ3n) is 5.12. The molecular formula is C27H29ClN4O4S. The molecule has 10 heteroatoms. The first-order valence-electron chi connectivity index (χ1n) is 11.7. The Morgan fingerprint density at radius 3 is 2.59 bits per heavy atom. The molecule has 2 aromatic carbocycles. The average molecular weight is 541 g/mol. The van der Waals surface area contributed by atoms with Gasteiger partial charge in [-0.05, 0) is 55.2 Å². The maximum absolute atomic E-state index is 12.7. The highest BCUT2D eigenvalue weighted by atomic mass is 35.5. The van der Waals surface area contributed by atoms with Gasteiger partial charge in [-0.15, -0.1) is 10.2 Å². The summed E-state index contributed by atoms with van der Waals surface area (Å²) in [4.78, 5) is 12.7. The maximum atomic E-state index is 12.7. The summed E-state index contributed by atoms with van der Waals surface area (Å²) in [5, 5.41) is 21.7. The first kappa shape index (κ1) is 28.0. The number of ether oxygens (including phenoxy) is 3. The van der Waals surface area contributed by atoms with Gasteiger partial charge in [-0.3, -0.25) is 10.1 Å². The van der Waals surface area contributed by atoms with E-state index in [-0.39, 0.29) is 17.2 Å². The number of nitrogens with one attached hydrogen (secondary N) is 1. The lowest BCUT2D eigenvalue weighted by Crippen LogP contribution is -2.13. The number of nitrogens with zero attached hydrogens (tertiary/aromatic N) is 3. The van der Waals surface area contributed by atoms with E-state index in [1.54, 1.807) is 12.1 Å². The van der Waals surface area contributed by atoms with E-state index in [2.05, 4.69) is 35.4 Å². The van der Waals surface area contributed by atoms with Crippen LogP contribution in [0.5, 0.6) is 17.2 Å². The van der Waals surface area contributed by atoms with Gasteiger partial charge in [-0.1, -0.05) is 54.5 Å². The van der Waals surface area contributed by atoms with Crippen LogP contribution in [0.2, 0.25) is 5.02 Å². The van der Waals surface area contributed by atoms with Crippen molar-refractivity contribution in [2.24, 2.45) is 5.92 Å². The highest BCUT2D eigenvalue weighted by Gasteiger charge is 2.16. The van der Waals surface area contributed by atoms with Gasteiger partial charge in [0.05, 0.1) is 12.1 Å². The van der Waals surface area contributed by atoms with E-state index >= 15 is 0 Å². The van der Waals surface area contributed by atoms with Crippen molar-refractivity contribution in [2.45, 2.75) is 34.1 Å². The summed E-state index contributed by atoms with van der Waals surface area (Å²) in [6.45, 7) is 8.72. The summed E-state index contributed by atoms with van der Waals surface area (Å²) < 4.78 is 17.1. The second-order valence-corrected chi connectivity index (χ2v) is 10.2. The van der Waals surface area contributed by atoms with E-state index in [1.165, 1.54) is 30.1 Å². The van der Waals surface area contributed by atoms with Crippen LogP contribution < -0.4 is 19.5 Å². The van der Waals surface area contributed by atoms with Crippen molar-refractivity contribution in [1.82, 2.24) is 10.2 Å². The highest BCUT2D eigenvalue weighted by molar-refractivity contribution is 7.15. The monoisotopic (exact) mass is 540 g/mol. The van der Waals surface area contributed by atoms with E-state index in [9.17, 15) is 10.1 Å². The van der Waals surface area contributed by atoms with Crippen LogP contribution in [-0.4, -0.2) is 36.4 Å². The standard InChI is InChI=1S/C27H29ClN4O4S/c1-16(2)10-24-31-32-27(37-24)30-26(33)20(15-29)12-19-13-21(28)25(23(14-19)34-5)36-9-8-35-22-7-6-17(3)11-18(22)4/h6-7,11-14,16H,8-10H2,1-5H3,(H,30,32,33). The number of hydrogen-bond donors (Lipinski definition) is 1. The molecule has 37 heavy (non-hydrogen) atoms. The molecule has 0 aliphatic rings. The summed E-state index contributed by atoms with van der Waals surface area (Å²) in [6, 6.07) is 11.1. The van der Waals surface area contributed by atoms with Crippen LogP contribution in [0.3, 0.4) is 0 Å². The zero-order chi connectivity index (χ0) is 26.9. The molecule has 3 aromatic rings. The molecule has 0 radical (unpaired) electrons. The second kappa shape index (κ2) is 13.1. The first-order chi connectivity index (χ1) is 17.7. The number of carbonyl (C=O) groups is 1. The molecule has 0 spiro atoms. The summed E-state index contributed by atoms with van der Waals surface area (Å²) in [7, 11) is 1.49. The molecule has 1 heterocycles. The third-order valence-corrected chi connectivity index (χ3v) is 6.26. The van der Waals surface area contributed by atoms with Crippen molar-refractivity contribution >= 4 is 40.1 Å². The Morgan fingerprint density at radius 2 is 1.92 bits per heavy atom. The van der Waals surface area contributed by atoms with Crippen LogP contribution in [0.25, 0.3) is 6.08 Å². The van der Waals surface area contributed by atoms with Gasteiger partial charge in [0.2, 0.25) is 5.13 Å². The van der Waals surface area contributed by atoms with Crippen LogP contribution in [-0.2, 0) is 11.2 Å². The molecule has 0 saturated heterocycles. The minimum atomic E-state index is -0.589. The van der Waals surface area contributed by atoms with Gasteiger partial charge >= 0.3 is 0 Å². The number of amides is 1. The number of halogens is 1. The molecule has 8 nitrogen and oxygen atoms in total. The van der Waals surface area contributed by atoms with E-state index in [0.29, 0.717) is 34.7 Å². The molecule has 0 bridgehead atoms. The zero-order valence-corrected chi connectivity index (χ0v) is 23.0. The smallest absolute Gasteiger partial charge is 0.268 e. The van der Waals surface area contributed by atoms with E-state index in [1.807, 2.05) is 32.0 Å². The second-order valence-electron chi connectivity index (χ2n) is 8.72. The van der Waals surface area contributed by atoms with Gasteiger partial charge in [0.25, 0.3) is 5.91 Å². The van der Waals surface area contributed by atoms with Gasteiger partial charge in [0.15, 0.2) is 11.5 Å². The molecule has 0 aliphatic carbocycles. The van der Waals surface area contributed by atoms with Crippen molar-refractivity contribution in [1.29, 1.82) is 5.26 Å². The molecule has 0 aliphatic heterocycles. The molecule has 0 atom stereocenters. The van der Waals surface area contributed by atoms with E-state index in [4.69, 9.17) is 25.8 Å². The topological polar surface area (TPSA) is 106 Å². The zero-order valence-electron chi connectivity index (χ0n) is 21.4. The number of aromatic nitrogens is 2. The van der Waals surface area contributed by atoms with Crippen molar-refractivity contribution in [3.05, 3.63) is 62.6 Å². The van der Waals surface area contributed by atoms with Gasteiger partial charge < -0.3 is 14.2 Å². The predicted octanol–water partition coefficient (Wildman–Crippen LogP) is 6.02. The Labute approximate surface area is 225 Å². The van der Waals surface area contributed by atoms with Crippen LogP contribution in [0.15, 0.2) is 35.9 Å². The Bertz CT molecular complexity index is 1330. The number of methoxy groups -OCH3 is 1. The van der Waals surface area contributed by atoms with Crippen LogP contribution >= 0.6 is 22.9 Å². The molecular weight excluding hydrogens is 512 g/mol. The van der Waals surface area contributed by atoms with Crippen molar-refractivity contribution in [2.75, 3.05) is 25.6 Å². The average Bonchev–Trinajstić information content (AvgIpc) is 3.27. The summed E-state index contributed by atoms with van der Waals surface area (Å²) in [5.74, 6) is 1.33. The number of nitriles is 1. The minimum Gasteiger partial charge on any atom is -0.493 e. The summed E-state index contributed by atoms with van der Waals surface area (Å²) in [6.07, 6.45) is 2.19. The lowest BCUT2D eigenvalue weighted by Gasteiger charge is -2.14. The third kappa shape index (κ3) is 7.94. The van der Waals surface area contributed by atoms with Crippen molar-refractivity contribution < 1.29 is 19.0 Å². The number of anilines is 1. The number of carbonyl (C=O) groups excluding carboxylic acids is 1. The van der Waals surface area contributed by atoms with Gasteiger partial charge in [0, 0.05) is 6.42 Å². The van der Waals surface area contributed by atoms with Gasteiger partial charge in [0.1, 0.15) is 35.6 Å². The maximum Gasteiger partial charge on any atom is 0.268 e. The number of benzene rings is 2. The number of aryl methyl sites for hydroxylation is 2. The quantitative estimate of drug-likeness (QED) is 0.180. The van der Waals surface area contributed by atoms with Crippen LogP contribution in [0.1, 0.15) is 35.5 Å². The van der Waals surface area contributed by atoms with Crippen LogP contribution in [0, 0.1) is 31.1 Å². The fraction of sp³-hybridized carbons (Fsp3) is 0.333. The summed E-state index contributed by atoms with van der Waals surface area (Å²) in [5.41, 5.74) is 2.60. The Balaban J connectivity index is 1.67. The fourth-order valence-electron chi connectivity index (χ4n) is 3.44. The lowest BCUT2D eigenvalue weighted by molar-refractivity contribution is -0.112. The van der Waals surface area contributed by atoms with E-state index < -0.39 is 5.91 Å². The highest BCUT2D eigenvalue weighted by Crippen LogP contribution is 2.37. The molecule has 0 saturated carbocycles. The Hall–Kier alpha value is -3.61.